The van der Waals surface area contributed by atoms with Crippen LogP contribution >= 0.6 is 0 Å². The first kappa shape index (κ1) is 24.6. The number of aromatic nitrogens is 4. The highest BCUT2D eigenvalue weighted by molar-refractivity contribution is 6.23. The highest BCUT2D eigenvalue weighted by Gasteiger charge is 2.21. The van der Waals surface area contributed by atoms with Gasteiger partial charge in [-0.25, -0.2) is 9.97 Å². The maximum Gasteiger partial charge on any atom is 0.234 e. The van der Waals surface area contributed by atoms with Gasteiger partial charge in [-0.2, -0.15) is 0 Å². The lowest BCUT2D eigenvalue weighted by Gasteiger charge is -2.11. The molecule has 9 aromatic rings. The van der Waals surface area contributed by atoms with E-state index in [4.69, 9.17) is 9.97 Å². The molecule has 0 aliphatic heterocycles. The second-order valence-electron chi connectivity index (χ2n) is 11.1. The number of hydrogen-bond acceptors (Lipinski definition) is 2. The number of para-hydroxylation sites is 3. The summed E-state index contributed by atoms with van der Waals surface area (Å²) >= 11 is 0. The molecule has 44 heavy (non-hydrogen) atoms. The fourth-order valence-corrected chi connectivity index (χ4v) is 6.63. The van der Waals surface area contributed by atoms with E-state index in [9.17, 15) is 0 Å². The molecule has 3 heterocycles. The fourth-order valence-electron chi connectivity index (χ4n) is 6.63. The zero-order valence-corrected chi connectivity index (χ0v) is 23.8. The van der Waals surface area contributed by atoms with E-state index in [0.29, 0.717) is 5.95 Å². The van der Waals surface area contributed by atoms with Gasteiger partial charge in [-0.3, -0.25) is 4.57 Å². The van der Waals surface area contributed by atoms with Gasteiger partial charge in [-0.05, 0) is 41.0 Å². The zero-order chi connectivity index (χ0) is 29.0. The van der Waals surface area contributed by atoms with Crippen LogP contribution in [0, 0.1) is 0 Å². The highest BCUT2D eigenvalue weighted by Crippen LogP contribution is 2.41. The van der Waals surface area contributed by atoms with Crippen LogP contribution in [0.3, 0.4) is 0 Å². The van der Waals surface area contributed by atoms with E-state index in [2.05, 4.69) is 149 Å². The molecule has 3 aromatic heterocycles. The minimum Gasteiger partial charge on any atom is -0.307 e. The maximum atomic E-state index is 4.98. The first-order valence-corrected chi connectivity index (χ1v) is 14.8. The summed E-state index contributed by atoms with van der Waals surface area (Å²) in [6.45, 7) is 0. The van der Waals surface area contributed by atoms with Gasteiger partial charge in [0.05, 0.1) is 22.1 Å². The molecule has 4 nitrogen and oxygen atoms in total. The maximum absolute atomic E-state index is 4.98. The summed E-state index contributed by atoms with van der Waals surface area (Å²) < 4.78 is 4.61. The molecule has 0 aliphatic carbocycles. The molecular weight excluding hydrogens is 536 g/mol. The van der Waals surface area contributed by atoms with Crippen molar-refractivity contribution in [3.05, 3.63) is 158 Å². The second-order valence-corrected chi connectivity index (χ2v) is 11.1. The fraction of sp³-hybridized carbons (Fsp3) is 0. The van der Waals surface area contributed by atoms with Gasteiger partial charge in [0.1, 0.15) is 0 Å². The summed E-state index contributed by atoms with van der Waals surface area (Å²) in [6, 6.07) is 51.3. The summed E-state index contributed by atoms with van der Waals surface area (Å²) in [5, 5.41) is 4.78. The quantitative estimate of drug-likeness (QED) is 0.214. The molecule has 0 bridgehead atoms. The van der Waals surface area contributed by atoms with Crippen LogP contribution < -0.4 is 0 Å². The number of benzene rings is 6. The Balaban J connectivity index is 1.27. The molecule has 4 heteroatoms. The smallest absolute Gasteiger partial charge is 0.234 e. The average molecular weight is 563 g/mol. The molecule has 0 fully saturated rings. The van der Waals surface area contributed by atoms with Gasteiger partial charge >= 0.3 is 0 Å². The van der Waals surface area contributed by atoms with E-state index in [1.54, 1.807) is 0 Å². The van der Waals surface area contributed by atoms with Crippen LogP contribution in [-0.2, 0) is 0 Å². The Morgan fingerprint density at radius 3 is 1.41 bits per heavy atom. The molecule has 0 N–H and O–H groups in total. The molecule has 206 valence electrons. The minimum atomic E-state index is 0.651. The van der Waals surface area contributed by atoms with Crippen LogP contribution in [0.15, 0.2) is 158 Å². The van der Waals surface area contributed by atoms with Crippen LogP contribution in [0.5, 0.6) is 0 Å². The molecule has 6 aromatic carbocycles. The van der Waals surface area contributed by atoms with Crippen molar-refractivity contribution < 1.29 is 0 Å². The van der Waals surface area contributed by atoms with Crippen LogP contribution in [0.4, 0.5) is 0 Å². The van der Waals surface area contributed by atoms with E-state index in [1.165, 1.54) is 38.2 Å². The standard InChI is InChI=1S/C40H26N4/c1-3-11-27(12-4-1)28-19-21-29(22-20-28)30-25-41-40(42-26-30)44-37-18-10-8-16-33(37)35-24-23-34-32-15-7-9-17-36(32)43(38(34)39(35)44)31-13-5-2-6-14-31/h1-26H. The first-order valence-electron chi connectivity index (χ1n) is 14.8. The lowest BCUT2D eigenvalue weighted by molar-refractivity contribution is 0.989. The Bertz CT molecular complexity index is 2450. The van der Waals surface area contributed by atoms with Crippen molar-refractivity contribution in [1.29, 1.82) is 0 Å². The lowest BCUT2D eigenvalue weighted by Crippen LogP contribution is -2.02. The van der Waals surface area contributed by atoms with Crippen molar-refractivity contribution >= 4 is 43.6 Å². The normalized spacial score (nSPS) is 11.6. The largest absolute Gasteiger partial charge is 0.307 e. The Kier molecular flexibility index (Phi) is 5.47. The van der Waals surface area contributed by atoms with Gasteiger partial charge in [0, 0.05) is 45.2 Å². The van der Waals surface area contributed by atoms with Crippen LogP contribution in [-0.4, -0.2) is 19.1 Å². The van der Waals surface area contributed by atoms with E-state index in [1.807, 2.05) is 18.5 Å². The molecule has 0 atom stereocenters. The first-order chi connectivity index (χ1) is 21.8. The van der Waals surface area contributed by atoms with E-state index < -0.39 is 0 Å². The van der Waals surface area contributed by atoms with Gasteiger partial charge in [-0.15, -0.1) is 0 Å². The molecule has 0 radical (unpaired) electrons. The van der Waals surface area contributed by atoms with Crippen molar-refractivity contribution in [3.63, 3.8) is 0 Å². The molecule has 0 aliphatic rings. The summed E-state index contributed by atoms with van der Waals surface area (Å²) in [5.41, 5.74) is 10.1. The summed E-state index contributed by atoms with van der Waals surface area (Å²) in [7, 11) is 0. The Morgan fingerprint density at radius 1 is 0.341 bits per heavy atom. The molecular formula is C40H26N4. The summed E-state index contributed by atoms with van der Waals surface area (Å²) in [5.74, 6) is 0.651. The van der Waals surface area contributed by atoms with E-state index in [0.717, 1.165) is 33.4 Å². The predicted octanol–water partition coefficient (Wildman–Crippen LogP) is 10.0. The Morgan fingerprint density at radius 2 is 0.795 bits per heavy atom. The van der Waals surface area contributed by atoms with Gasteiger partial charge in [0.25, 0.3) is 0 Å². The third-order valence-corrected chi connectivity index (χ3v) is 8.65. The molecule has 9 rings (SSSR count). The molecule has 0 saturated heterocycles. The van der Waals surface area contributed by atoms with Crippen LogP contribution in [0.1, 0.15) is 0 Å². The molecule has 0 spiro atoms. The average Bonchev–Trinajstić information content (AvgIpc) is 3.62. The van der Waals surface area contributed by atoms with Gasteiger partial charge in [0.15, 0.2) is 0 Å². The number of fused-ring (bicyclic) bond motifs is 7. The van der Waals surface area contributed by atoms with E-state index >= 15 is 0 Å². The Hall–Kier alpha value is -6.00. The van der Waals surface area contributed by atoms with Crippen LogP contribution in [0.25, 0.3) is 77.5 Å². The zero-order valence-electron chi connectivity index (χ0n) is 23.8. The van der Waals surface area contributed by atoms with Gasteiger partial charge < -0.3 is 4.57 Å². The predicted molar refractivity (Wildman–Crippen MR) is 182 cm³/mol. The van der Waals surface area contributed by atoms with Gasteiger partial charge in [-0.1, -0.05) is 121 Å². The molecule has 0 amide bonds. The van der Waals surface area contributed by atoms with Crippen molar-refractivity contribution in [2.75, 3.05) is 0 Å². The third-order valence-electron chi connectivity index (χ3n) is 8.65. The highest BCUT2D eigenvalue weighted by atomic mass is 15.2. The lowest BCUT2D eigenvalue weighted by atomic mass is 10.0. The Labute approximate surface area is 254 Å². The van der Waals surface area contributed by atoms with Crippen LogP contribution in [0.2, 0.25) is 0 Å². The third kappa shape index (κ3) is 3.71. The summed E-state index contributed by atoms with van der Waals surface area (Å²) in [4.78, 5) is 9.97. The second kappa shape index (κ2) is 9.79. The van der Waals surface area contributed by atoms with Crippen molar-refractivity contribution in [2.45, 2.75) is 0 Å². The van der Waals surface area contributed by atoms with Crippen molar-refractivity contribution in [1.82, 2.24) is 19.1 Å². The number of hydrogen-bond donors (Lipinski definition) is 0. The van der Waals surface area contributed by atoms with Gasteiger partial charge in [0.2, 0.25) is 5.95 Å². The molecule has 0 unspecified atom stereocenters. The topological polar surface area (TPSA) is 35.6 Å². The number of rotatable bonds is 4. The molecule has 0 saturated carbocycles. The van der Waals surface area contributed by atoms with Crippen molar-refractivity contribution in [2.24, 2.45) is 0 Å². The van der Waals surface area contributed by atoms with Crippen molar-refractivity contribution in [3.8, 4) is 33.9 Å². The monoisotopic (exact) mass is 562 g/mol. The van der Waals surface area contributed by atoms with E-state index in [-0.39, 0.29) is 0 Å². The SMILES string of the molecule is c1ccc(-c2ccc(-c3cnc(-n4c5ccccc5c5ccc6c7ccccc7n(-c7ccccc7)c6c54)nc3)cc2)cc1. The summed E-state index contributed by atoms with van der Waals surface area (Å²) in [6.07, 6.45) is 3.88. The number of nitrogens with zero attached hydrogens (tertiary/aromatic N) is 4. The minimum absolute atomic E-state index is 0.651.